The van der Waals surface area contributed by atoms with Crippen LogP contribution < -0.4 is 39.3 Å². The molecule has 13 atom stereocenters. The quantitative estimate of drug-likeness (QED) is 0.0480. The highest BCUT2D eigenvalue weighted by Crippen LogP contribution is 2.43. The Morgan fingerprint density at radius 3 is 2.51 bits per heavy atom. The summed E-state index contributed by atoms with van der Waals surface area (Å²) in [5.41, 5.74) is 26.1. The third-order valence-corrected chi connectivity index (χ3v) is 9.08. The van der Waals surface area contributed by atoms with E-state index in [9.17, 15) is 25.2 Å². The zero-order valence-corrected chi connectivity index (χ0v) is 26.0. The number of nitrogens with zero attached hydrogens (tertiary/aromatic N) is 1. The van der Waals surface area contributed by atoms with E-state index >= 15 is 0 Å². The molecule has 0 radical (unpaired) electrons. The van der Waals surface area contributed by atoms with Crippen LogP contribution in [0.1, 0.15) is 39.0 Å². The molecule has 0 aromatic carbocycles. The van der Waals surface area contributed by atoms with E-state index in [4.69, 9.17) is 47.6 Å². The maximum atomic E-state index is 13.3. The Labute approximate surface area is 262 Å². The van der Waals surface area contributed by atoms with Gasteiger partial charge in [0.1, 0.15) is 35.3 Å². The van der Waals surface area contributed by atoms with E-state index in [-0.39, 0.29) is 31.8 Å². The summed E-state index contributed by atoms with van der Waals surface area (Å²) in [6.45, 7) is 3.05. The number of hydrogen-bond acceptors (Lipinski definition) is 15. The first-order valence-electron chi connectivity index (χ1n) is 15.5. The van der Waals surface area contributed by atoms with Gasteiger partial charge in [-0.3, -0.25) is 4.79 Å². The molecule has 4 aliphatic rings. The highest BCUT2D eigenvalue weighted by molar-refractivity contribution is 5.92. The molecule has 1 saturated heterocycles. The lowest BCUT2D eigenvalue weighted by molar-refractivity contribution is -0.308. The van der Waals surface area contributed by atoms with Crippen LogP contribution in [0, 0.1) is 5.92 Å². The highest BCUT2D eigenvalue weighted by Gasteiger charge is 2.60. The fourth-order valence-corrected chi connectivity index (χ4v) is 6.41. The number of Topliss-reactive ketones (excluding diaryl/α,β-unsaturated/α-hetero) is 1. The van der Waals surface area contributed by atoms with Crippen LogP contribution in [0.3, 0.4) is 0 Å². The second kappa shape index (κ2) is 14.8. The molecule has 17 heteroatoms. The van der Waals surface area contributed by atoms with Gasteiger partial charge in [0.05, 0.1) is 37.4 Å². The Balaban J connectivity index is 1.51. The molecule has 3 unspecified atom stereocenters. The van der Waals surface area contributed by atoms with Gasteiger partial charge in [0.2, 0.25) is 6.29 Å². The molecule has 3 fully saturated rings. The first-order valence-corrected chi connectivity index (χ1v) is 15.5. The highest BCUT2D eigenvalue weighted by atomic mass is 16.7. The predicted molar refractivity (Wildman–Crippen MR) is 162 cm³/mol. The zero-order chi connectivity index (χ0) is 33.1. The number of guanidine groups is 1. The lowest BCUT2D eigenvalue weighted by atomic mass is 9.76. The Morgan fingerprint density at radius 2 is 1.84 bits per heavy atom. The summed E-state index contributed by atoms with van der Waals surface area (Å²) in [5, 5.41) is 50.4. The molecule has 0 aromatic rings. The molecule has 258 valence electrons. The number of likely N-dealkylation sites (N-methyl/N-ethyl adjacent to an activating group) is 1. The predicted octanol–water partition coefficient (Wildman–Crippen LogP) is -4.85. The lowest BCUT2D eigenvalue weighted by Gasteiger charge is -2.48. The summed E-state index contributed by atoms with van der Waals surface area (Å²) in [7, 11) is 1.58. The minimum absolute atomic E-state index is 0.0551. The number of nitrogens with two attached hydrogens (primary N) is 5. The molecule has 45 heavy (non-hydrogen) atoms. The summed E-state index contributed by atoms with van der Waals surface area (Å²) in [6.07, 6.45) is -4.05. The molecule has 17 nitrogen and oxygen atoms in total. The van der Waals surface area contributed by atoms with Gasteiger partial charge in [-0.25, -0.2) is 4.99 Å². The van der Waals surface area contributed by atoms with Crippen LogP contribution in [0.2, 0.25) is 0 Å². The van der Waals surface area contributed by atoms with Crippen molar-refractivity contribution in [2.45, 2.75) is 111 Å². The van der Waals surface area contributed by atoms with E-state index < -0.39 is 84.1 Å². The van der Waals surface area contributed by atoms with Gasteiger partial charge in [0.25, 0.3) is 0 Å². The Kier molecular flexibility index (Phi) is 11.8. The number of aliphatic hydroxyl groups excluding tert-OH is 2. The van der Waals surface area contributed by atoms with E-state index in [0.717, 1.165) is 6.42 Å². The molecular weight excluding hydrogens is 592 g/mol. The molecule has 2 saturated carbocycles. The molecule has 0 bridgehead atoms. The second-order valence-electron chi connectivity index (χ2n) is 12.8. The second-order valence-corrected chi connectivity index (χ2v) is 12.8. The van der Waals surface area contributed by atoms with Crippen molar-refractivity contribution in [3.8, 4) is 0 Å². The number of ketones is 1. The number of carbonyl (C=O) groups is 1. The number of aliphatic hydroxyl groups is 4. The number of hydrogen-bond donors (Lipinski definition) is 11. The van der Waals surface area contributed by atoms with E-state index in [1.165, 1.54) is 6.92 Å². The van der Waals surface area contributed by atoms with Crippen molar-refractivity contribution < 1.29 is 44.2 Å². The van der Waals surface area contributed by atoms with Crippen molar-refractivity contribution in [3.63, 3.8) is 0 Å². The van der Waals surface area contributed by atoms with E-state index in [0.29, 0.717) is 31.8 Å². The fraction of sp³-hybridized carbons (Fsp3) is 0.857. The summed E-state index contributed by atoms with van der Waals surface area (Å²) in [6, 6.07) is -2.92. The molecule has 0 amide bonds. The minimum Gasteiger partial charge on any atom is -0.467 e. The number of ether oxygens (including phenoxy) is 4. The Hall–Kier alpha value is -2.00. The normalized spacial score (nSPS) is 43.2. The van der Waals surface area contributed by atoms with Gasteiger partial charge in [-0.1, -0.05) is 0 Å². The van der Waals surface area contributed by atoms with Gasteiger partial charge in [0.15, 0.2) is 18.0 Å². The smallest absolute Gasteiger partial charge is 0.215 e. The van der Waals surface area contributed by atoms with Crippen molar-refractivity contribution in [1.29, 1.82) is 0 Å². The van der Waals surface area contributed by atoms with Crippen LogP contribution in [-0.4, -0.2) is 138 Å². The number of carbonyl (C=O) groups excluding carboxylic acids is 1. The minimum atomic E-state index is -1.75. The van der Waals surface area contributed by atoms with Crippen molar-refractivity contribution in [2.24, 2.45) is 39.6 Å². The van der Waals surface area contributed by atoms with Crippen LogP contribution in [0.15, 0.2) is 16.8 Å². The maximum absolute atomic E-state index is 13.3. The fourth-order valence-electron chi connectivity index (χ4n) is 6.41. The van der Waals surface area contributed by atoms with Crippen LogP contribution in [0.4, 0.5) is 0 Å². The topological polar surface area (TPSA) is 301 Å². The molecular formula is C28H52N8O9. The molecule has 2 heterocycles. The lowest BCUT2D eigenvalue weighted by Crippen LogP contribution is -2.67. The van der Waals surface area contributed by atoms with Gasteiger partial charge < -0.3 is 78.7 Å². The van der Waals surface area contributed by atoms with Crippen molar-refractivity contribution >= 4 is 11.7 Å². The summed E-state index contributed by atoms with van der Waals surface area (Å²) in [5.74, 6) is -0.872. The molecule has 2 aliphatic heterocycles. The number of aliphatic imine (C=N–C) groups is 1. The van der Waals surface area contributed by atoms with E-state index in [1.807, 2.05) is 6.08 Å². The molecule has 16 N–H and O–H groups in total. The van der Waals surface area contributed by atoms with Crippen molar-refractivity contribution in [3.05, 3.63) is 11.8 Å². The zero-order valence-electron chi connectivity index (χ0n) is 26.0. The van der Waals surface area contributed by atoms with Gasteiger partial charge in [-0.15, -0.1) is 0 Å². The van der Waals surface area contributed by atoms with Crippen molar-refractivity contribution in [1.82, 2.24) is 10.6 Å². The average Bonchev–Trinajstić information content (AvgIpc) is 3.63. The molecule has 2 aliphatic carbocycles. The SMILES string of the molecule is CN[C@@H]1[C@@H](O)[C@@H](O[C@H]2[C@H](CC(=O)C3(O)CC3N=C(N)N)C[C@H](N)C(O[C@H]3OC(CNCCCN)=CC[C@H]3N)[C@@H]2O)OC[C@]1(C)O. The number of nitrogens with one attached hydrogen (secondary N) is 2. The monoisotopic (exact) mass is 644 g/mol. The average molecular weight is 645 g/mol. The molecule has 0 spiro atoms. The first-order chi connectivity index (χ1) is 21.2. The Morgan fingerprint density at radius 1 is 1.13 bits per heavy atom. The third kappa shape index (κ3) is 8.30. The van der Waals surface area contributed by atoms with Crippen LogP contribution >= 0.6 is 0 Å². The summed E-state index contributed by atoms with van der Waals surface area (Å²) >= 11 is 0. The van der Waals surface area contributed by atoms with Crippen LogP contribution in [-0.2, 0) is 23.7 Å². The van der Waals surface area contributed by atoms with Crippen LogP contribution in [0.25, 0.3) is 0 Å². The number of rotatable bonds is 14. The summed E-state index contributed by atoms with van der Waals surface area (Å²) < 4.78 is 24.1. The van der Waals surface area contributed by atoms with Gasteiger partial charge in [0, 0.05) is 18.9 Å². The van der Waals surface area contributed by atoms with Crippen molar-refractivity contribution in [2.75, 3.05) is 33.3 Å². The van der Waals surface area contributed by atoms with Gasteiger partial charge >= 0.3 is 0 Å². The standard InChI is InChI=1S/C28H52N8O9/c1-27(40)12-42-25(20(39)23(27)34-2)44-21-13(9-18(37)28(41)10-17(28)36-26(32)33)8-16(31)22(19(21)38)45-24-15(30)5-4-14(43-24)11-35-7-3-6-29/h4,13,15-17,19-25,34-35,38-41H,3,5-12,29-31H2,1-2H3,(H4,32,33,36)/t13-,15+,16-,17?,19+,20+,21-,22?,23+,24+,25+,27-,28?/m0/s1. The molecule has 0 aromatic heterocycles. The Bertz CT molecular complexity index is 1080. The maximum Gasteiger partial charge on any atom is 0.215 e. The first kappa shape index (κ1) is 35.8. The third-order valence-electron chi connectivity index (χ3n) is 9.08. The molecule has 4 rings (SSSR count). The summed E-state index contributed by atoms with van der Waals surface area (Å²) in [4.78, 5) is 17.2. The van der Waals surface area contributed by atoms with E-state index in [2.05, 4.69) is 15.6 Å². The van der Waals surface area contributed by atoms with E-state index in [1.54, 1.807) is 7.05 Å². The largest absolute Gasteiger partial charge is 0.467 e. The van der Waals surface area contributed by atoms with Gasteiger partial charge in [-0.05, 0) is 58.3 Å². The van der Waals surface area contributed by atoms with Gasteiger partial charge in [-0.2, -0.15) is 0 Å². The van der Waals surface area contributed by atoms with Crippen LogP contribution in [0.5, 0.6) is 0 Å².